The highest BCUT2D eigenvalue weighted by atomic mass is 35.5. The predicted octanol–water partition coefficient (Wildman–Crippen LogP) is 2.08. The Balaban J connectivity index is 2.62. The molecule has 0 saturated carbocycles. The van der Waals surface area contributed by atoms with Crippen LogP contribution < -0.4 is 11.1 Å². The van der Waals surface area contributed by atoms with Crippen molar-refractivity contribution in [1.82, 2.24) is 9.97 Å². The van der Waals surface area contributed by atoms with E-state index in [-0.39, 0.29) is 10.8 Å². The summed E-state index contributed by atoms with van der Waals surface area (Å²) in [6.07, 6.45) is 3.44. The number of hydrogen-bond donors (Lipinski definition) is 2. The van der Waals surface area contributed by atoms with Crippen molar-refractivity contribution in [1.29, 1.82) is 0 Å². The average Bonchev–Trinajstić information content (AvgIpc) is 2.23. The van der Waals surface area contributed by atoms with Gasteiger partial charge in [-0.25, -0.2) is 4.98 Å². The Bertz CT molecular complexity index is 395. The zero-order chi connectivity index (χ0) is 12.8. The Morgan fingerprint density at radius 3 is 2.88 bits per heavy atom. The van der Waals surface area contributed by atoms with E-state index in [9.17, 15) is 4.79 Å². The Morgan fingerprint density at radius 1 is 1.59 bits per heavy atom. The van der Waals surface area contributed by atoms with E-state index < -0.39 is 5.91 Å². The number of carbonyl (C=O) groups excluding carboxylic acids is 1. The second kappa shape index (κ2) is 6.39. The highest BCUT2D eigenvalue weighted by Gasteiger charge is 2.10. The summed E-state index contributed by atoms with van der Waals surface area (Å²) < 4.78 is 0. The first-order valence-corrected chi connectivity index (χ1v) is 5.94. The number of nitrogens with one attached hydrogen (secondary N) is 1. The molecule has 1 aromatic rings. The molecular formula is C11H17ClN4O. The molecule has 0 saturated heterocycles. The molecule has 1 aromatic heterocycles. The zero-order valence-corrected chi connectivity index (χ0v) is 10.8. The van der Waals surface area contributed by atoms with Crippen LogP contribution in [0.5, 0.6) is 0 Å². The lowest BCUT2D eigenvalue weighted by atomic mass is 10.1. The molecule has 0 aliphatic carbocycles. The molecular weight excluding hydrogens is 240 g/mol. The molecule has 1 rings (SSSR count). The number of primary amides is 1. The van der Waals surface area contributed by atoms with Gasteiger partial charge >= 0.3 is 0 Å². The molecule has 5 nitrogen and oxygen atoms in total. The third-order valence-corrected chi connectivity index (χ3v) is 2.46. The van der Waals surface area contributed by atoms with Crippen molar-refractivity contribution in [2.24, 2.45) is 11.7 Å². The molecule has 3 N–H and O–H groups in total. The predicted molar refractivity (Wildman–Crippen MR) is 68.1 cm³/mol. The number of rotatable bonds is 6. The molecule has 0 atom stereocenters. The fourth-order valence-corrected chi connectivity index (χ4v) is 1.53. The Labute approximate surface area is 106 Å². The van der Waals surface area contributed by atoms with E-state index in [1.54, 1.807) is 0 Å². The summed E-state index contributed by atoms with van der Waals surface area (Å²) in [6, 6.07) is 0. The van der Waals surface area contributed by atoms with E-state index in [2.05, 4.69) is 29.1 Å². The van der Waals surface area contributed by atoms with Crippen molar-refractivity contribution in [3.63, 3.8) is 0 Å². The van der Waals surface area contributed by atoms with Crippen LogP contribution in [0.1, 0.15) is 37.0 Å². The fraction of sp³-hybridized carbons (Fsp3) is 0.545. The Hall–Kier alpha value is -1.36. The molecule has 0 radical (unpaired) electrons. The quantitative estimate of drug-likeness (QED) is 0.603. The third kappa shape index (κ3) is 4.56. The smallest absolute Gasteiger partial charge is 0.254 e. The van der Waals surface area contributed by atoms with E-state index in [4.69, 9.17) is 17.3 Å². The first-order valence-electron chi connectivity index (χ1n) is 5.57. The summed E-state index contributed by atoms with van der Waals surface area (Å²) in [6.45, 7) is 5.05. The number of aromatic nitrogens is 2. The van der Waals surface area contributed by atoms with Crippen LogP contribution in [-0.4, -0.2) is 22.4 Å². The number of nitrogens with zero attached hydrogens (tertiary/aromatic N) is 2. The third-order valence-electron chi connectivity index (χ3n) is 2.28. The fourth-order valence-electron chi connectivity index (χ4n) is 1.39. The van der Waals surface area contributed by atoms with Crippen LogP contribution in [-0.2, 0) is 0 Å². The topological polar surface area (TPSA) is 80.9 Å². The first-order chi connectivity index (χ1) is 8.00. The molecule has 1 heterocycles. The van der Waals surface area contributed by atoms with Gasteiger partial charge in [0, 0.05) is 12.7 Å². The van der Waals surface area contributed by atoms with Crippen LogP contribution in [0.2, 0.25) is 5.28 Å². The van der Waals surface area contributed by atoms with Gasteiger partial charge in [-0.15, -0.1) is 0 Å². The highest BCUT2D eigenvalue weighted by molar-refractivity contribution is 6.28. The molecule has 94 valence electrons. The van der Waals surface area contributed by atoms with Crippen molar-refractivity contribution in [2.45, 2.75) is 26.7 Å². The SMILES string of the molecule is CC(C)CCCNc1nc(Cl)ncc1C(N)=O. The van der Waals surface area contributed by atoms with E-state index in [0.29, 0.717) is 11.7 Å². The summed E-state index contributed by atoms with van der Waals surface area (Å²) in [5, 5.41) is 3.15. The standard InChI is InChI=1S/C11H17ClN4O/c1-7(2)4-3-5-14-10-8(9(13)17)6-15-11(12)16-10/h6-7H,3-5H2,1-2H3,(H2,13,17)(H,14,15,16). The van der Waals surface area contributed by atoms with Crippen LogP contribution in [0.25, 0.3) is 0 Å². The Kier molecular flexibility index (Phi) is 5.15. The summed E-state index contributed by atoms with van der Waals surface area (Å²) in [7, 11) is 0. The second-order valence-electron chi connectivity index (χ2n) is 4.23. The van der Waals surface area contributed by atoms with Crippen molar-refractivity contribution < 1.29 is 4.79 Å². The molecule has 0 fully saturated rings. The monoisotopic (exact) mass is 256 g/mol. The summed E-state index contributed by atoms with van der Waals surface area (Å²) in [5.74, 6) is 0.496. The molecule has 0 spiro atoms. The van der Waals surface area contributed by atoms with Gasteiger partial charge < -0.3 is 11.1 Å². The van der Waals surface area contributed by atoms with Gasteiger partial charge in [-0.05, 0) is 30.4 Å². The van der Waals surface area contributed by atoms with Gasteiger partial charge in [-0.2, -0.15) is 4.98 Å². The van der Waals surface area contributed by atoms with Crippen LogP contribution in [0.15, 0.2) is 6.20 Å². The maximum atomic E-state index is 11.1. The van der Waals surface area contributed by atoms with Gasteiger partial charge in [-0.3, -0.25) is 4.79 Å². The molecule has 1 amide bonds. The highest BCUT2D eigenvalue weighted by Crippen LogP contribution is 2.14. The summed E-state index contributed by atoms with van der Waals surface area (Å²) in [5.41, 5.74) is 5.48. The van der Waals surface area contributed by atoms with Crippen molar-refractivity contribution in [3.05, 3.63) is 17.0 Å². The van der Waals surface area contributed by atoms with Gasteiger partial charge in [0.2, 0.25) is 5.28 Å². The first kappa shape index (κ1) is 13.7. The molecule has 6 heteroatoms. The maximum Gasteiger partial charge on any atom is 0.254 e. The minimum atomic E-state index is -0.562. The van der Waals surface area contributed by atoms with Crippen LogP contribution >= 0.6 is 11.6 Å². The lowest BCUT2D eigenvalue weighted by molar-refractivity contribution is 0.100. The largest absolute Gasteiger partial charge is 0.369 e. The van der Waals surface area contributed by atoms with Crippen molar-refractivity contribution in [3.8, 4) is 0 Å². The number of amides is 1. The molecule has 0 aliphatic heterocycles. The lowest BCUT2D eigenvalue weighted by Crippen LogP contribution is -2.17. The van der Waals surface area contributed by atoms with Gasteiger partial charge in [0.05, 0.1) is 5.56 Å². The maximum absolute atomic E-state index is 11.1. The molecule has 0 unspecified atom stereocenters. The average molecular weight is 257 g/mol. The number of anilines is 1. The van der Waals surface area contributed by atoms with E-state index in [0.717, 1.165) is 19.4 Å². The number of hydrogen-bond acceptors (Lipinski definition) is 4. The van der Waals surface area contributed by atoms with Crippen LogP contribution in [0.3, 0.4) is 0 Å². The molecule has 17 heavy (non-hydrogen) atoms. The van der Waals surface area contributed by atoms with Crippen LogP contribution in [0.4, 0.5) is 5.82 Å². The summed E-state index contributed by atoms with van der Waals surface area (Å²) >= 11 is 5.67. The minimum absolute atomic E-state index is 0.0985. The van der Waals surface area contributed by atoms with E-state index in [1.165, 1.54) is 6.20 Å². The minimum Gasteiger partial charge on any atom is -0.369 e. The van der Waals surface area contributed by atoms with Gasteiger partial charge in [-0.1, -0.05) is 13.8 Å². The zero-order valence-electron chi connectivity index (χ0n) is 10.0. The second-order valence-corrected chi connectivity index (χ2v) is 4.57. The lowest BCUT2D eigenvalue weighted by Gasteiger charge is -2.09. The number of carbonyl (C=O) groups is 1. The molecule has 0 bridgehead atoms. The van der Waals surface area contributed by atoms with Crippen molar-refractivity contribution >= 4 is 23.3 Å². The van der Waals surface area contributed by atoms with E-state index in [1.807, 2.05) is 0 Å². The van der Waals surface area contributed by atoms with Crippen molar-refractivity contribution in [2.75, 3.05) is 11.9 Å². The summed E-state index contributed by atoms with van der Waals surface area (Å²) in [4.78, 5) is 18.8. The van der Waals surface area contributed by atoms with Gasteiger partial charge in [0.25, 0.3) is 5.91 Å². The normalized spacial score (nSPS) is 10.6. The molecule has 0 aromatic carbocycles. The van der Waals surface area contributed by atoms with Crippen LogP contribution in [0, 0.1) is 5.92 Å². The van der Waals surface area contributed by atoms with E-state index >= 15 is 0 Å². The molecule has 0 aliphatic rings. The Morgan fingerprint density at radius 2 is 2.29 bits per heavy atom. The van der Waals surface area contributed by atoms with Gasteiger partial charge in [0.1, 0.15) is 5.82 Å². The van der Waals surface area contributed by atoms with Gasteiger partial charge in [0.15, 0.2) is 0 Å². The number of halogens is 1. The number of nitrogens with two attached hydrogens (primary N) is 1.